The molecule has 18 heavy (non-hydrogen) atoms. The number of nitrogens with zero attached hydrogens (tertiary/aromatic N) is 4. The molecule has 2 heterocycles. The Balaban J connectivity index is 0. The molecule has 0 atom stereocenters. The molecule has 0 aliphatic carbocycles. The van der Waals surface area contributed by atoms with E-state index in [0.717, 1.165) is 0 Å². The molecule has 6 heteroatoms. The third-order valence-electron chi connectivity index (χ3n) is 2.00. The maximum absolute atomic E-state index is 3.59. The van der Waals surface area contributed by atoms with Gasteiger partial charge in [-0.25, -0.2) is 18.3 Å². The molecule has 0 amide bonds. The second kappa shape index (κ2) is 9.85. The van der Waals surface area contributed by atoms with Crippen molar-refractivity contribution >= 4 is 12.4 Å². The average Bonchev–Trinajstić information content (AvgIpc) is 2.88. The summed E-state index contributed by atoms with van der Waals surface area (Å²) in [6, 6.07) is 0. The fourth-order valence-electron chi connectivity index (χ4n) is 1.15. The Labute approximate surface area is 129 Å². The lowest BCUT2D eigenvalue weighted by molar-refractivity contribution is -0.670. The molecule has 4 nitrogen and oxygen atoms in total. The highest BCUT2D eigenvalue weighted by molar-refractivity contribution is 5.13. The van der Waals surface area contributed by atoms with E-state index in [4.69, 9.17) is 0 Å². The molecule has 0 saturated carbocycles. The Kier molecular flexibility index (Phi) is 10.5. The van der Waals surface area contributed by atoms with Crippen LogP contribution in [-0.2, 0) is 14.1 Å². The monoisotopic (exact) mass is 376 g/mol. The molecule has 0 aliphatic heterocycles. The molecule has 2 rings (SSSR count). The van der Waals surface area contributed by atoms with Gasteiger partial charge >= 0.3 is 0 Å². The quantitative estimate of drug-likeness (QED) is 0.466. The van der Waals surface area contributed by atoms with Crippen LogP contribution in [0.4, 0.5) is 0 Å². The number of imidazole rings is 2. The van der Waals surface area contributed by atoms with Crippen LogP contribution in [0.5, 0.6) is 0 Å². The van der Waals surface area contributed by atoms with E-state index in [9.17, 15) is 0 Å². The van der Waals surface area contributed by atoms with Crippen LogP contribution in [0.25, 0.3) is 12.4 Å². The predicted molar refractivity (Wildman–Crippen MR) is 64.0 cm³/mol. The molecule has 0 bridgehead atoms. The number of aryl methyl sites for hydroxylation is 2. The Morgan fingerprint density at radius 1 is 0.833 bits per heavy atom. The normalized spacial score (nSPS) is 8.11. The van der Waals surface area contributed by atoms with Crippen molar-refractivity contribution in [3.63, 3.8) is 0 Å². The van der Waals surface area contributed by atoms with Crippen LogP contribution >= 0.6 is 0 Å². The van der Waals surface area contributed by atoms with Crippen molar-refractivity contribution in [2.45, 2.75) is 0 Å². The zero-order valence-corrected chi connectivity index (χ0v) is 13.7. The lowest BCUT2D eigenvalue weighted by atomic mass is 10.8. The van der Waals surface area contributed by atoms with Crippen LogP contribution in [0, 0.1) is 0 Å². The topological polar surface area (TPSA) is 17.6 Å². The third-order valence-corrected chi connectivity index (χ3v) is 2.00. The van der Waals surface area contributed by atoms with E-state index in [1.807, 2.05) is 69.8 Å². The van der Waals surface area contributed by atoms with Crippen LogP contribution in [0.3, 0.4) is 0 Å². The van der Waals surface area contributed by atoms with Gasteiger partial charge in [0.15, 0.2) is 0 Å². The third kappa shape index (κ3) is 6.56. The van der Waals surface area contributed by atoms with E-state index in [0.29, 0.717) is 0 Å². The van der Waals surface area contributed by atoms with Gasteiger partial charge in [-0.15, -0.1) is 0 Å². The first kappa shape index (κ1) is 19.2. The van der Waals surface area contributed by atoms with Gasteiger partial charge < -0.3 is 34.0 Å². The zero-order chi connectivity index (χ0) is 12.0. The van der Waals surface area contributed by atoms with Crippen molar-refractivity contribution < 1.29 is 43.1 Å². The fourth-order valence-corrected chi connectivity index (χ4v) is 1.15. The minimum Gasteiger partial charge on any atom is -1.00 e. The van der Waals surface area contributed by atoms with E-state index >= 15 is 0 Å². The maximum Gasteiger partial charge on any atom is 0.248 e. The molecular weight excluding hydrogens is 360 g/mol. The standard InChI is InChI=1S/2C6H9N2.2BrH/c2*1-3-8-5-4-7(2)6-8;;/h2*3-6H,1H2,2H3;2*1H/q2*+1;;/p-2. The van der Waals surface area contributed by atoms with Gasteiger partial charge in [0.1, 0.15) is 24.8 Å². The summed E-state index contributed by atoms with van der Waals surface area (Å²) in [5.41, 5.74) is 0. The summed E-state index contributed by atoms with van der Waals surface area (Å²) < 4.78 is 7.70. The first-order valence-corrected chi connectivity index (χ1v) is 4.96. The summed E-state index contributed by atoms with van der Waals surface area (Å²) in [5.74, 6) is 0. The Morgan fingerprint density at radius 2 is 1.17 bits per heavy atom. The van der Waals surface area contributed by atoms with Crippen molar-refractivity contribution in [1.29, 1.82) is 0 Å². The van der Waals surface area contributed by atoms with E-state index in [1.54, 1.807) is 12.4 Å². The molecule has 0 spiro atoms. The highest BCUT2D eigenvalue weighted by atomic mass is 79.9. The Bertz CT molecular complexity index is 430. The summed E-state index contributed by atoms with van der Waals surface area (Å²) in [7, 11) is 3.94. The summed E-state index contributed by atoms with van der Waals surface area (Å²) in [4.78, 5) is 0. The number of hydrogen-bond donors (Lipinski definition) is 0. The molecule has 0 radical (unpaired) electrons. The molecule has 0 aromatic carbocycles. The van der Waals surface area contributed by atoms with Gasteiger partial charge in [-0.2, -0.15) is 0 Å². The van der Waals surface area contributed by atoms with Gasteiger partial charge in [0.2, 0.25) is 12.7 Å². The smallest absolute Gasteiger partial charge is 0.248 e. The minimum atomic E-state index is 0. The second-order valence-corrected chi connectivity index (χ2v) is 3.42. The van der Waals surface area contributed by atoms with Crippen molar-refractivity contribution in [3.8, 4) is 0 Å². The number of halogens is 2. The van der Waals surface area contributed by atoms with Crippen molar-refractivity contribution in [3.05, 3.63) is 50.6 Å². The average molecular weight is 378 g/mol. The Hall–Kier alpha value is -1.14. The second-order valence-electron chi connectivity index (χ2n) is 3.42. The molecular formula is C12H18Br2N4. The maximum atomic E-state index is 3.59. The van der Waals surface area contributed by atoms with E-state index in [-0.39, 0.29) is 34.0 Å². The van der Waals surface area contributed by atoms with E-state index in [1.165, 1.54) is 0 Å². The lowest BCUT2D eigenvalue weighted by Gasteiger charge is -1.74. The number of hydrogen-bond acceptors (Lipinski definition) is 0. The lowest BCUT2D eigenvalue weighted by Crippen LogP contribution is -3.00. The predicted octanol–water partition coefficient (Wildman–Crippen LogP) is -5.17. The largest absolute Gasteiger partial charge is 1.00 e. The van der Waals surface area contributed by atoms with E-state index in [2.05, 4.69) is 13.2 Å². The van der Waals surface area contributed by atoms with Crippen LogP contribution in [-0.4, -0.2) is 9.13 Å². The minimum absolute atomic E-state index is 0. The molecule has 0 unspecified atom stereocenters. The highest BCUT2D eigenvalue weighted by Crippen LogP contribution is 1.80. The van der Waals surface area contributed by atoms with Gasteiger partial charge in [0.05, 0.1) is 26.5 Å². The van der Waals surface area contributed by atoms with Crippen LogP contribution in [0.1, 0.15) is 0 Å². The number of rotatable bonds is 2. The molecule has 2 aromatic heterocycles. The fraction of sp³-hybridized carbons (Fsp3) is 0.167. The van der Waals surface area contributed by atoms with Crippen LogP contribution in [0.2, 0.25) is 0 Å². The molecule has 2 aromatic rings. The Morgan fingerprint density at radius 3 is 1.28 bits per heavy atom. The summed E-state index contributed by atoms with van der Waals surface area (Å²) in [5, 5.41) is 0. The molecule has 0 fully saturated rings. The summed E-state index contributed by atoms with van der Waals surface area (Å²) >= 11 is 0. The van der Waals surface area contributed by atoms with Gasteiger partial charge in [-0.1, -0.05) is 13.2 Å². The van der Waals surface area contributed by atoms with Gasteiger partial charge in [-0.3, -0.25) is 0 Å². The SMILES string of the molecule is C=Cn1cc[n+](C)c1.C=Cn1cc[n+](C)c1.[Br-].[Br-]. The van der Waals surface area contributed by atoms with Crippen LogP contribution in [0.15, 0.2) is 50.6 Å². The first-order valence-electron chi connectivity index (χ1n) is 4.96. The number of aromatic nitrogens is 4. The molecule has 0 N–H and O–H groups in total. The van der Waals surface area contributed by atoms with Crippen molar-refractivity contribution in [2.24, 2.45) is 14.1 Å². The highest BCUT2D eigenvalue weighted by Gasteiger charge is 1.90. The summed E-state index contributed by atoms with van der Waals surface area (Å²) in [6.07, 6.45) is 15.2. The van der Waals surface area contributed by atoms with Crippen molar-refractivity contribution in [1.82, 2.24) is 9.13 Å². The zero-order valence-electron chi connectivity index (χ0n) is 10.6. The molecule has 0 saturated heterocycles. The molecule has 100 valence electrons. The van der Waals surface area contributed by atoms with Gasteiger partial charge in [0, 0.05) is 0 Å². The van der Waals surface area contributed by atoms with Gasteiger partial charge in [-0.05, 0) is 0 Å². The van der Waals surface area contributed by atoms with Crippen molar-refractivity contribution in [2.75, 3.05) is 0 Å². The van der Waals surface area contributed by atoms with E-state index < -0.39 is 0 Å². The van der Waals surface area contributed by atoms with Crippen LogP contribution < -0.4 is 43.1 Å². The first-order chi connectivity index (χ1) is 7.65. The molecule has 0 aliphatic rings. The van der Waals surface area contributed by atoms with Gasteiger partial charge in [0.25, 0.3) is 0 Å². The summed E-state index contributed by atoms with van der Waals surface area (Å²) in [6.45, 7) is 7.19.